The second-order valence-electron chi connectivity index (χ2n) is 14.2. The molecular formula is C44H38F2N4O4. The van der Waals surface area contributed by atoms with Crippen molar-refractivity contribution in [3.63, 3.8) is 0 Å². The molecule has 2 fully saturated rings. The van der Waals surface area contributed by atoms with Crippen molar-refractivity contribution in [3.05, 3.63) is 166 Å². The Morgan fingerprint density at radius 2 is 1.44 bits per heavy atom. The SMILES string of the molecule is COC(=O)c1cc(C2CC2)cnc1Cc1ccc2[nH]ccc2c1.O=C(O)c1cc(C2CC2)cnc1Cc1ccc2c(ccn2Cc2cc(F)ccc2F)c1. The lowest BCUT2D eigenvalue weighted by Gasteiger charge is -2.10. The van der Waals surface area contributed by atoms with Crippen LogP contribution in [0.1, 0.15) is 97.4 Å². The van der Waals surface area contributed by atoms with Crippen molar-refractivity contribution in [1.29, 1.82) is 0 Å². The van der Waals surface area contributed by atoms with Crippen LogP contribution < -0.4 is 0 Å². The fraction of sp³-hybridized carbons (Fsp3) is 0.227. The van der Waals surface area contributed by atoms with Crippen LogP contribution in [0.3, 0.4) is 0 Å². The molecule has 3 aromatic carbocycles. The molecule has 0 atom stereocenters. The van der Waals surface area contributed by atoms with Gasteiger partial charge in [0.2, 0.25) is 0 Å². The fourth-order valence-corrected chi connectivity index (χ4v) is 7.00. The van der Waals surface area contributed by atoms with Gasteiger partial charge in [-0.3, -0.25) is 9.97 Å². The van der Waals surface area contributed by atoms with E-state index in [9.17, 15) is 23.5 Å². The maximum atomic E-state index is 14.0. The van der Waals surface area contributed by atoms with E-state index in [0.29, 0.717) is 35.9 Å². The van der Waals surface area contributed by atoms with E-state index in [1.165, 1.54) is 26.0 Å². The van der Waals surface area contributed by atoms with E-state index in [0.717, 1.165) is 74.7 Å². The third-order valence-corrected chi connectivity index (χ3v) is 10.3. The first-order valence-electron chi connectivity index (χ1n) is 18.1. The summed E-state index contributed by atoms with van der Waals surface area (Å²) in [4.78, 5) is 36.1. The predicted octanol–water partition coefficient (Wildman–Crippen LogP) is 9.35. The van der Waals surface area contributed by atoms with Crippen molar-refractivity contribution in [2.24, 2.45) is 0 Å². The number of benzene rings is 3. The maximum Gasteiger partial charge on any atom is 0.339 e. The number of fused-ring (bicyclic) bond motifs is 2. The highest BCUT2D eigenvalue weighted by molar-refractivity contribution is 5.91. The van der Waals surface area contributed by atoms with E-state index in [1.807, 2.05) is 59.6 Å². The van der Waals surface area contributed by atoms with Gasteiger partial charge in [-0.1, -0.05) is 12.1 Å². The van der Waals surface area contributed by atoms with Gasteiger partial charge in [0, 0.05) is 54.2 Å². The van der Waals surface area contributed by atoms with Crippen LogP contribution in [-0.2, 0) is 24.1 Å². The Balaban J connectivity index is 0.000000160. The van der Waals surface area contributed by atoms with Crippen LogP contribution in [-0.4, -0.2) is 43.7 Å². The number of carboxylic acid groups (broad SMARTS) is 1. The number of hydrogen-bond acceptors (Lipinski definition) is 5. The summed E-state index contributed by atoms with van der Waals surface area (Å²) in [6.07, 6.45) is 13.1. The minimum Gasteiger partial charge on any atom is -0.478 e. The number of H-pyrrole nitrogens is 1. The van der Waals surface area contributed by atoms with E-state index >= 15 is 0 Å². The Kier molecular flexibility index (Phi) is 9.50. The first kappa shape index (κ1) is 34.9. The Bertz CT molecular complexity index is 2530. The van der Waals surface area contributed by atoms with Gasteiger partial charge in [-0.05, 0) is 137 Å². The predicted molar refractivity (Wildman–Crippen MR) is 202 cm³/mol. The van der Waals surface area contributed by atoms with Gasteiger partial charge in [0.15, 0.2) is 0 Å². The maximum absolute atomic E-state index is 14.0. The van der Waals surface area contributed by atoms with Crippen molar-refractivity contribution in [2.75, 3.05) is 7.11 Å². The molecule has 4 aromatic heterocycles. The summed E-state index contributed by atoms with van der Waals surface area (Å²) < 4.78 is 34.3. The third kappa shape index (κ3) is 7.64. The molecule has 0 spiro atoms. The van der Waals surface area contributed by atoms with Crippen LogP contribution in [0.4, 0.5) is 8.78 Å². The molecule has 2 aliphatic rings. The lowest BCUT2D eigenvalue weighted by Crippen LogP contribution is -2.09. The standard InChI is InChI=1S/C25H20F2N2O2.C19H18N2O2/c26-20-4-5-22(27)19(11-20)14-29-8-7-17-9-15(1-6-24(17)29)10-23-21(25(30)31)12-18(13-28-23)16-2-3-16;1-23-19(22)16-10-15(13-3-4-13)11-21-18(16)9-12-2-5-17-14(8-12)6-7-20-17/h1,4-9,11-13,16H,2-3,10,14H2,(H,30,31);2,5-8,10-11,13,20H,3-4,9H2,1H3. The van der Waals surface area contributed by atoms with Crippen molar-refractivity contribution >= 4 is 33.7 Å². The molecule has 2 aliphatic carbocycles. The van der Waals surface area contributed by atoms with Gasteiger partial charge >= 0.3 is 11.9 Å². The van der Waals surface area contributed by atoms with Crippen LogP contribution in [0.5, 0.6) is 0 Å². The summed E-state index contributed by atoms with van der Waals surface area (Å²) in [5.41, 5.74) is 8.66. The molecule has 0 aliphatic heterocycles. The number of hydrogen-bond donors (Lipinski definition) is 2. The van der Waals surface area contributed by atoms with E-state index in [4.69, 9.17) is 4.74 Å². The number of carbonyl (C=O) groups excluding carboxylic acids is 1. The summed E-state index contributed by atoms with van der Waals surface area (Å²) in [6.45, 7) is 0.222. The number of aromatic nitrogens is 4. The molecule has 2 N–H and O–H groups in total. The summed E-state index contributed by atoms with van der Waals surface area (Å²) in [5, 5.41) is 11.7. The number of aromatic amines is 1. The van der Waals surface area contributed by atoms with Gasteiger partial charge in [-0.15, -0.1) is 0 Å². The first-order chi connectivity index (χ1) is 26.2. The number of pyridine rings is 2. The van der Waals surface area contributed by atoms with E-state index in [2.05, 4.69) is 33.2 Å². The van der Waals surface area contributed by atoms with Crippen LogP contribution in [0.15, 0.2) is 104 Å². The van der Waals surface area contributed by atoms with Crippen LogP contribution >= 0.6 is 0 Å². The number of aromatic carboxylic acids is 1. The lowest BCUT2D eigenvalue weighted by atomic mass is 10.0. The molecule has 4 heterocycles. The highest BCUT2D eigenvalue weighted by atomic mass is 19.1. The Labute approximate surface area is 310 Å². The number of nitrogens with one attached hydrogen (secondary N) is 1. The number of rotatable bonds is 10. The number of esters is 1. The molecule has 0 amide bonds. The largest absolute Gasteiger partial charge is 0.478 e. The molecule has 0 bridgehead atoms. The number of methoxy groups -OCH3 is 1. The number of carboxylic acids is 1. The zero-order valence-electron chi connectivity index (χ0n) is 29.7. The minimum absolute atomic E-state index is 0.222. The molecular weight excluding hydrogens is 687 g/mol. The molecule has 10 heteroatoms. The van der Waals surface area contributed by atoms with Gasteiger partial charge < -0.3 is 19.4 Å². The fourth-order valence-electron chi connectivity index (χ4n) is 7.00. The molecule has 272 valence electrons. The van der Waals surface area contributed by atoms with Gasteiger partial charge in [-0.25, -0.2) is 18.4 Å². The van der Waals surface area contributed by atoms with Gasteiger partial charge in [0.1, 0.15) is 11.6 Å². The highest BCUT2D eigenvalue weighted by Crippen LogP contribution is 2.41. The van der Waals surface area contributed by atoms with E-state index in [-0.39, 0.29) is 23.6 Å². The van der Waals surface area contributed by atoms with Crippen LogP contribution in [0.25, 0.3) is 21.8 Å². The zero-order valence-corrected chi connectivity index (χ0v) is 29.7. The van der Waals surface area contributed by atoms with Crippen molar-refractivity contribution < 1.29 is 28.2 Å². The molecule has 9 rings (SSSR count). The van der Waals surface area contributed by atoms with Gasteiger partial charge in [0.25, 0.3) is 0 Å². The normalized spacial score (nSPS) is 13.8. The molecule has 7 aromatic rings. The topological polar surface area (TPSA) is 110 Å². The molecule has 0 unspecified atom stereocenters. The summed E-state index contributed by atoms with van der Waals surface area (Å²) in [7, 11) is 1.42. The second-order valence-corrected chi connectivity index (χ2v) is 14.2. The van der Waals surface area contributed by atoms with Gasteiger partial charge in [0.05, 0.1) is 36.2 Å². The monoisotopic (exact) mass is 724 g/mol. The van der Waals surface area contributed by atoms with Crippen molar-refractivity contribution in [1.82, 2.24) is 19.5 Å². The number of nitrogens with zero attached hydrogens (tertiary/aromatic N) is 3. The summed E-state index contributed by atoms with van der Waals surface area (Å²) in [5.74, 6) is -1.17. The molecule has 8 nitrogen and oxygen atoms in total. The molecule has 54 heavy (non-hydrogen) atoms. The third-order valence-electron chi connectivity index (χ3n) is 10.3. The number of ether oxygens (including phenoxy) is 1. The Hall–Kier alpha value is -6.16. The minimum atomic E-state index is -0.964. The Morgan fingerprint density at radius 3 is 2.11 bits per heavy atom. The Morgan fingerprint density at radius 1 is 0.796 bits per heavy atom. The van der Waals surface area contributed by atoms with E-state index in [1.54, 1.807) is 12.3 Å². The average Bonchev–Trinajstić information content (AvgIpc) is 4.12. The van der Waals surface area contributed by atoms with Crippen molar-refractivity contribution in [2.45, 2.75) is 56.9 Å². The van der Waals surface area contributed by atoms with Crippen LogP contribution in [0, 0.1) is 11.6 Å². The first-order valence-corrected chi connectivity index (χ1v) is 18.1. The van der Waals surface area contributed by atoms with Gasteiger partial charge in [-0.2, -0.15) is 0 Å². The van der Waals surface area contributed by atoms with E-state index < -0.39 is 17.6 Å². The summed E-state index contributed by atoms with van der Waals surface area (Å²) in [6, 6.07) is 23.2. The highest BCUT2D eigenvalue weighted by Gasteiger charge is 2.27. The molecule has 0 radical (unpaired) electrons. The number of carbonyl (C=O) groups is 2. The summed E-state index contributed by atoms with van der Waals surface area (Å²) >= 11 is 0. The average molecular weight is 725 g/mol. The van der Waals surface area contributed by atoms with Crippen molar-refractivity contribution in [3.8, 4) is 0 Å². The van der Waals surface area contributed by atoms with Crippen LogP contribution in [0.2, 0.25) is 0 Å². The zero-order chi connectivity index (χ0) is 37.3. The quantitative estimate of drug-likeness (QED) is 0.136. The lowest BCUT2D eigenvalue weighted by molar-refractivity contribution is 0.0598. The smallest absolute Gasteiger partial charge is 0.339 e. The molecule has 2 saturated carbocycles. The molecule has 0 saturated heterocycles. The second kappa shape index (κ2) is 14.7. The number of halogens is 2.